The van der Waals surface area contributed by atoms with E-state index in [4.69, 9.17) is 4.98 Å². The summed E-state index contributed by atoms with van der Waals surface area (Å²) < 4.78 is 2.06. The number of nitrogens with one attached hydrogen (secondary N) is 1. The van der Waals surface area contributed by atoms with Crippen LogP contribution in [0.3, 0.4) is 0 Å². The molecule has 1 heterocycles. The first kappa shape index (κ1) is 20.1. The molecule has 148 valence electrons. The maximum atomic E-state index is 13.3. The molecule has 2 aromatic carbocycles. The second-order valence-electron chi connectivity index (χ2n) is 7.45. The zero-order chi connectivity index (χ0) is 20.3. The Balaban J connectivity index is 1.99. The summed E-state index contributed by atoms with van der Waals surface area (Å²) in [6.07, 6.45) is 1.77. The minimum atomic E-state index is -0.364. The number of para-hydroxylation sites is 3. The van der Waals surface area contributed by atoms with Crippen LogP contribution in [0.25, 0.3) is 11.0 Å². The van der Waals surface area contributed by atoms with Crippen LogP contribution in [0.5, 0.6) is 0 Å². The molecule has 0 aliphatic carbocycles. The molecule has 5 nitrogen and oxygen atoms in total. The summed E-state index contributed by atoms with van der Waals surface area (Å²) in [4.78, 5) is 20.1. The summed E-state index contributed by atoms with van der Waals surface area (Å²) >= 11 is 0. The van der Waals surface area contributed by atoms with Crippen molar-refractivity contribution in [3.8, 4) is 0 Å². The van der Waals surface area contributed by atoms with Gasteiger partial charge in [0.1, 0.15) is 11.9 Å². The standard InChI is InChI=1S/C23H30N4O/c1-6-17-11-10-12-18(7-2)22(17)25-23(28)16(3)27-20-14-9-8-13-19(20)24-21(27)15-26(4)5/h8-14,16H,6-7,15H2,1-5H3,(H,25,28). The lowest BCUT2D eigenvalue weighted by atomic mass is 10.0. The monoisotopic (exact) mass is 378 g/mol. The SMILES string of the molecule is CCc1cccc(CC)c1NC(=O)C(C)n1c(CN(C)C)nc2ccccc21. The summed E-state index contributed by atoms with van der Waals surface area (Å²) in [5.74, 6) is 0.882. The van der Waals surface area contributed by atoms with Gasteiger partial charge in [-0.2, -0.15) is 0 Å². The number of carbonyl (C=O) groups is 1. The van der Waals surface area contributed by atoms with Gasteiger partial charge in [0.05, 0.1) is 17.6 Å². The zero-order valence-corrected chi connectivity index (χ0v) is 17.5. The van der Waals surface area contributed by atoms with E-state index in [2.05, 4.69) is 46.8 Å². The average molecular weight is 379 g/mol. The third kappa shape index (κ3) is 3.94. The van der Waals surface area contributed by atoms with E-state index in [0.717, 1.165) is 35.4 Å². The summed E-state index contributed by atoms with van der Waals surface area (Å²) in [6.45, 7) is 6.86. The third-order valence-electron chi connectivity index (χ3n) is 5.14. The smallest absolute Gasteiger partial charge is 0.247 e. The maximum Gasteiger partial charge on any atom is 0.247 e. The number of anilines is 1. The van der Waals surface area contributed by atoms with E-state index in [0.29, 0.717) is 6.54 Å². The lowest BCUT2D eigenvalue weighted by molar-refractivity contribution is -0.118. The van der Waals surface area contributed by atoms with Crippen LogP contribution in [-0.2, 0) is 24.2 Å². The van der Waals surface area contributed by atoms with Gasteiger partial charge in [-0.3, -0.25) is 4.79 Å². The van der Waals surface area contributed by atoms with Crippen molar-refractivity contribution in [3.63, 3.8) is 0 Å². The maximum absolute atomic E-state index is 13.3. The van der Waals surface area contributed by atoms with Crippen molar-refractivity contribution in [2.75, 3.05) is 19.4 Å². The number of imidazole rings is 1. The van der Waals surface area contributed by atoms with Crippen LogP contribution in [0, 0.1) is 0 Å². The van der Waals surface area contributed by atoms with Crippen LogP contribution >= 0.6 is 0 Å². The minimum Gasteiger partial charge on any atom is -0.324 e. The van der Waals surface area contributed by atoms with Gasteiger partial charge in [0, 0.05) is 5.69 Å². The van der Waals surface area contributed by atoms with Crippen molar-refractivity contribution in [2.45, 2.75) is 46.2 Å². The van der Waals surface area contributed by atoms with Crippen molar-refractivity contribution in [2.24, 2.45) is 0 Å². The van der Waals surface area contributed by atoms with Crippen molar-refractivity contribution in [3.05, 3.63) is 59.4 Å². The lowest BCUT2D eigenvalue weighted by Crippen LogP contribution is -2.27. The number of benzene rings is 2. The molecule has 0 saturated heterocycles. The molecule has 3 aromatic rings. The van der Waals surface area contributed by atoms with E-state index < -0.39 is 0 Å². The van der Waals surface area contributed by atoms with Gasteiger partial charge in [-0.15, -0.1) is 0 Å². The highest BCUT2D eigenvalue weighted by atomic mass is 16.2. The van der Waals surface area contributed by atoms with E-state index in [1.54, 1.807) is 0 Å². The van der Waals surface area contributed by atoms with Gasteiger partial charge in [0.25, 0.3) is 0 Å². The predicted octanol–water partition coefficient (Wildman–Crippen LogP) is 4.42. The Labute approximate surface area is 167 Å². The minimum absolute atomic E-state index is 0.0150. The second kappa shape index (κ2) is 8.57. The molecular weight excluding hydrogens is 348 g/mol. The summed E-state index contributed by atoms with van der Waals surface area (Å²) in [5, 5.41) is 3.21. The largest absolute Gasteiger partial charge is 0.324 e. The average Bonchev–Trinajstić information content (AvgIpc) is 3.04. The van der Waals surface area contributed by atoms with Crippen LogP contribution in [-0.4, -0.2) is 34.5 Å². The van der Waals surface area contributed by atoms with Crippen LogP contribution in [0.1, 0.15) is 43.8 Å². The predicted molar refractivity (Wildman–Crippen MR) is 116 cm³/mol. The molecule has 3 rings (SSSR count). The number of amides is 1. The fourth-order valence-electron chi connectivity index (χ4n) is 3.67. The number of fused-ring (bicyclic) bond motifs is 1. The van der Waals surface area contributed by atoms with Crippen molar-refractivity contribution >= 4 is 22.6 Å². The number of rotatable bonds is 7. The normalized spacial score (nSPS) is 12.5. The van der Waals surface area contributed by atoms with Gasteiger partial charge in [0.2, 0.25) is 5.91 Å². The Morgan fingerprint density at radius 2 is 1.71 bits per heavy atom. The molecular formula is C23H30N4O. The van der Waals surface area contributed by atoms with E-state index in [1.807, 2.05) is 45.3 Å². The van der Waals surface area contributed by atoms with Crippen molar-refractivity contribution in [1.82, 2.24) is 14.5 Å². The molecule has 0 saturated carbocycles. The second-order valence-corrected chi connectivity index (χ2v) is 7.45. The quantitative estimate of drug-likeness (QED) is 0.662. The molecule has 0 fully saturated rings. The van der Waals surface area contributed by atoms with Crippen molar-refractivity contribution < 1.29 is 4.79 Å². The Morgan fingerprint density at radius 3 is 2.32 bits per heavy atom. The van der Waals surface area contributed by atoms with E-state index in [-0.39, 0.29) is 11.9 Å². The Hall–Kier alpha value is -2.66. The number of aromatic nitrogens is 2. The number of hydrogen-bond donors (Lipinski definition) is 1. The molecule has 1 aromatic heterocycles. The summed E-state index contributed by atoms with van der Waals surface area (Å²) in [7, 11) is 4.03. The molecule has 0 spiro atoms. The highest BCUT2D eigenvalue weighted by Crippen LogP contribution is 2.26. The van der Waals surface area contributed by atoms with Gasteiger partial charge in [-0.25, -0.2) is 4.98 Å². The summed E-state index contributed by atoms with van der Waals surface area (Å²) in [5.41, 5.74) is 5.21. The highest BCUT2D eigenvalue weighted by molar-refractivity contribution is 5.96. The number of nitrogens with zero attached hydrogens (tertiary/aromatic N) is 3. The molecule has 1 N–H and O–H groups in total. The Morgan fingerprint density at radius 1 is 1.07 bits per heavy atom. The van der Waals surface area contributed by atoms with Gasteiger partial charge >= 0.3 is 0 Å². The molecule has 0 aliphatic heterocycles. The molecule has 5 heteroatoms. The van der Waals surface area contributed by atoms with Gasteiger partial charge in [-0.1, -0.05) is 44.2 Å². The van der Waals surface area contributed by atoms with Gasteiger partial charge < -0.3 is 14.8 Å². The van der Waals surface area contributed by atoms with Gasteiger partial charge in [0.15, 0.2) is 0 Å². The first-order valence-corrected chi connectivity index (χ1v) is 9.98. The topological polar surface area (TPSA) is 50.2 Å². The number of hydrogen-bond acceptors (Lipinski definition) is 3. The van der Waals surface area contributed by atoms with Crippen LogP contribution in [0.2, 0.25) is 0 Å². The fourth-order valence-corrected chi connectivity index (χ4v) is 3.67. The van der Waals surface area contributed by atoms with Crippen molar-refractivity contribution in [1.29, 1.82) is 0 Å². The Bertz CT molecular complexity index is 952. The number of aryl methyl sites for hydroxylation is 2. The molecule has 0 aliphatic rings. The van der Waals surface area contributed by atoms with Gasteiger partial charge in [-0.05, 0) is 57.1 Å². The van der Waals surface area contributed by atoms with E-state index in [1.165, 1.54) is 11.1 Å². The first-order chi connectivity index (χ1) is 13.5. The molecule has 0 bridgehead atoms. The van der Waals surface area contributed by atoms with Crippen LogP contribution in [0.15, 0.2) is 42.5 Å². The van der Waals surface area contributed by atoms with Crippen LogP contribution in [0.4, 0.5) is 5.69 Å². The van der Waals surface area contributed by atoms with E-state index >= 15 is 0 Å². The number of carbonyl (C=O) groups excluding carboxylic acids is 1. The van der Waals surface area contributed by atoms with E-state index in [9.17, 15) is 4.79 Å². The Kier molecular flexibility index (Phi) is 6.15. The highest BCUT2D eigenvalue weighted by Gasteiger charge is 2.23. The van der Waals surface area contributed by atoms with Crippen LogP contribution < -0.4 is 5.32 Å². The fraction of sp³-hybridized carbons (Fsp3) is 0.391. The molecule has 1 atom stereocenters. The zero-order valence-electron chi connectivity index (χ0n) is 17.5. The first-order valence-electron chi connectivity index (χ1n) is 9.98. The molecule has 0 radical (unpaired) electrons. The molecule has 1 amide bonds. The molecule has 1 unspecified atom stereocenters. The third-order valence-corrected chi connectivity index (χ3v) is 5.14. The summed E-state index contributed by atoms with van der Waals surface area (Å²) in [6, 6.07) is 13.9. The lowest BCUT2D eigenvalue weighted by Gasteiger charge is -2.21. The molecule has 28 heavy (non-hydrogen) atoms.